The number of rotatable bonds is 4. The van der Waals surface area contributed by atoms with Gasteiger partial charge in [0, 0.05) is 33.0 Å². The van der Waals surface area contributed by atoms with E-state index in [4.69, 9.17) is 0 Å². The minimum atomic E-state index is 0.760. The molecule has 0 aliphatic carbocycles. The van der Waals surface area contributed by atoms with E-state index in [2.05, 4.69) is 20.3 Å². The van der Waals surface area contributed by atoms with Crippen molar-refractivity contribution in [2.24, 2.45) is 0 Å². The molecule has 0 amide bonds. The number of anilines is 2. The van der Waals surface area contributed by atoms with Crippen molar-refractivity contribution in [3.05, 3.63) is 42.5 Å². The van der Waals surface area contributed by atoms with Gasteiger partial charge in [-0.2, -0.15) is 0 Å². The Balaban J connectivity index is 2.11. The lowest BCUT2D eigenvalue weighted by molar-refractivity contribution is 0.885. The van der Waals surface area contributed by atoms with Gasteiger partial charge in [0.25, 0.3) is 0 Å². The second-order valence-electron chi connectivity index (χ2n) is 3.73. The summed E-state index contributed by atoms with van der Waals surface area (Å²) in [7, 11) is 3.81. The van der Waals surface area contributed by atoms with Gasteiger partial charge in [-0.15, -0.1) is 0 Å². The van der Waals surface area contributed by atoms with Gasteiger partial charge in [0.2, 0.25) is 0 Å². The molecule has 2 heterocycles. The summed E-state index contributed by atoms with van der Waals surface area (Å²) in [6.07, 6.45) is 7.06. The van der Waals surface area contributed by atoms with Gasteiger partial charge in [0.1, 0.15) is 11.6 Å². The fourth-order valence-electron chi connectivity index (χ4n) is 1.51. The van der Waals surface area contributed by atoms with Crippen molar-refractivity contribution in [2.45, 2.75) is 6.54 Å². The van der Waals surface area contributed by atoms with Crippen molar-refractivity contribution in [2.75, 3.05) is 24.3 Å². The number of pyridine rings is 1. The van der Waals surface area contributed by atoms with E-state index >= 15 is 0 Å². The monoisotopic (exact) mass is 229 g/mol. The van der Waals surface area contributed by atoms with Gasteiger partial charge < -0.3 is 10.2 Å². The van der Waals surface area contributed by atoms with Crippen molar-refractivity contribution >= 4 is 11.6 Å². The van der Waals surface area contributed by atoms with Crippen LogP contribution in [0.5, 0.6) is 0 Å². The van der Waals surface area contributed by atoms with E-state index in [1.807, 2.05) is 37.3 Å². The van der Waals surface area contributed by atoms with Gasteiger partial charge >= 0.3 is 0 Å². The number of hydrogen-bond acceptors (Lipinski definition) is 5. The third kappa shape index (κ3) is 2.90. The Morgan fingerprint density at radius 1 is 1.24 bits per heavy atom. The highest BCUT2D eigenvalue weighted by Gasteiger charge is 2.04. The van der Waals surface area contributed by atoms with Crippen molar-refractivity contribution in [1.82, 2.24) is 15.0 Å². The van der Waals surface area contributed by atoms with Gasteiger partial charge in [0.15, 0.2) is 0 Å². The molecule has 2 aromatic heterocycles. The number of aromatic nitrogens is 3. The highest BCUT2D eigenvalue weighted by atomic mass is 15.2. The van der Waals surface area contributed by atoms with Crippen LogP contribution >= 0.6 is 0 Å². The van der Waals surface area contributed by atoms with E-state index in [0.29, 0.717) is 0 Å². The van der Waals surface area contributed by atoms with Crippen LogP contribution in [0.2, 0.25) is 0 Å². The molecule has 2 rings (SSSR count). The van der Waals surface area contributed by atoms with Gasteiger partial charge in [-0.3, -0.25) is 9.97 Å². The summed E-state index contributed by atoms with van der Waals surface area (Å²) in [6, 6.07) is 3.97. The van der Waals surface area contributed by atoms with Crippen molar-refractivity contribution < 1.29 is 0 Å². The zero-order chi connectivity index (χ0) is 12.1. The van der Waals surface area contributed by atoms with Crippen LogP contribution in [0.25, 0.3) is 0 Å². The maximum Gasteiger partial charge on any atom is 0.149 e. The minimum Gasteiger partial charge on any atom is -0.372 e. The molecule has 0 unspecified atom stereocenters. The zero-order valence-corrected chi connectivity index (χ0v) is 9.96. The standard InChI is InChI=1S/C12H15N5/c1-13-11-7-15-8-12(16-11)17(2)9-10-4-3-5-14-6-10/h3-8H,9H2,1-2H3,(H,13,16). The average Bonchev–Trinajstić information content (AvgIpc) is 2.40. The first-order valence-electron chi connectivity index (χ1n) is 5.39. The van der Waals surface area contributed by atoms with Crippen LogP contribution in [0.15, 0.2) is 36.9 Å². The molecule has 88 valence electrons. The summed E-state index contributed by atoms with van der Waals surface area (Å²) in [5.74, 6) is 1.60. The van der Waals surface area contributed by atoms with Gasteiger partial charge in [-0.25, -0.2) is 4.98 Å². The first-order chi connectivity index (χ1) is 8.29. The van der Waals surface area contributed by atoms with Gasteiger partial charge in [-0.1, -0.05) is 6.07 Å². The highest BCUT2D eigenvalue weighted by molar-refractivity contribution is 5.43. The summed E-state index contributed by atoms with van der Waals surface area (Å²) in [5, 5.41) is 2.97. The SMILES string of the molecule is CNc1cncc(N(C)Cc2cccnc2)n1. The largest absolute Gasteiger partial charge is 0.372 e. The lowest BCUT2D eigenvalue weighted by atomic mass is 10.3. The van der Waals surface area contributed by atoms with Crippen LogP contribution in [0.1, 0.15) is 5.56 Å². The molecule has 0 aliphatic rings. The molecular formula is C12H15N5. The fourth-order valence-corrected chi connectivity index (χ4v) is 1.51. The Bertz CT molecular complexity index is 471. The second kappa shape index (κ2) is 5.25. The van der Waals surface area contributed by atoms with Crippen LogP contribution in [0.3, 0.4) is 0 Å². The molecule has 0 radical (unpaired) electrons. The van der Waals surface area contributed by atoms with Crippen molar-refractivity contribution in [3.8, 4) is 0 Å². The molecule has 0 bridgehead atoms. The van der Waals surface area contributed by atoms with Gasteiger partial charge in [0.05, 0.1) is 12.4 Å². The Labute approximate surface area is 101 Å². The molecule has 0 atom stereocenters. The molecule has 2 aromatic rings. The zero-order valence-electron chi connectivity index (χ0n) is 9.96. The summed E-state index contributed by atoms with van der Waals surface area (Å²) in [4.78, 5) is 14.7. The summed E-state index contributed by atoms with van der Waals surface area (Å²) >= 11 is 0. The molecule has 5 nitrogen and oxygen atoms in total. The van der Waals surface area contributed by atoms with E-state index in [9.17, 15) is 0 Å². The smallest absolute Gasteiger partial charge is 0.149 e. The highest BCUT2D eigenvalue weighted by Crippen LogP contribution is 2.12. The Morgan fingerprint density at radius 3 is 2.82 bits per heavy atom. The average molecular weight is 229 g/mol. The molecular weight excluding hydrogens is 214 g/mol. The first kappa shape index (κ1) is 11.3. The lowest BCUT2D eigenvalue weighted by Crippen LogP contribution is -2.18. The molecule has 0 fully saturated rings. The van der Waals surface area contributed by atoms with Crippen LogP contribution in [-0.4, -0.2) is 29.0 Å². The van der Waals surface area contributed by atoms with E-state index in [0.717, 1.165) is 23.7 Å². The van der Waals surface area contributed by atoms with E-state index < -0.39 is 0 Å². The molecule has 0 saturated heterocycles. The third-order valence-electron chi connectivity index (χ3n) is 2.41. The molecule has 0 aliphatic heterocycles. The molecule has 0 aromatic carbocycles. The maximum absolute atomic E-state index is 4.42. The maximum atomic E-state index is 4.42. The number of hydrogen-bond donors (Lipinski definition) is 1. The predicted octanol–water partition coefficient (Wildman–Crippen LogP) is 1.55. The van der Waals surface area contributed by atoms with Crippen molar-refractivity contribution in [3.63, 3.8) is 0 Å². The second-order valence-corrected chi connectivity index (χ2v) is 3.73. The Morgan fingerprint density at radius 2 is 2.12 bits per heavy atom. The summed E-state index contributed by atoms with van der Waals surface area (Å²) < 4.78 is 0. The van der Waals surface area contributed by atoms with Gasteiger partial charge in [-0.05, 0) is 11.6 Å². The molecule has 17 heavy (non-hydrogen) atoms. The van der Waals surface area contributed by atoms with Crippen LogP contribution in [-0.2, 0) is 6.54 Å². The number of nitrogens with one attached hydrogen (secondary N) is 1. The topological polar surface area (TPSA) is 53.9 Å². The van der Waals surface area contributed by atoms with Crippen molar-refractivity contribution in [1.29, 1.82) is 0 Å². The first-order valence-corrected chi connectivity index (χ1v) is 5.39. The van der Waals surface area contributed by atoms with E-state index in [1.165, 1.54) is 0 Å². The molecule has 5 heteroatoms. The predicted molar refractivity (Wildman–Crippen MR) is 67.9 cm³/mol. The van der Waals surface area contributed by atoms with E-state index in [-0.39, 0.29) is 0 Å². The summed E-state index contributed by atoms with van der Waals surface area (Å²) in [5.41, 5.74) is 1.15. The fraction of sp³-hybridized carbons (Fsp3) is 0.250. The van der Waals surface area contributed by atoms with Crippen LogP contribution < -0.4 is 10.2 Å². The molecule has 1 N–H and O–H groups in total. The molecule has 0 spiro atoms. The lowest BCUT2D eigenvalue weighted by Gasteiger charge is -2.18. The Hall–Kier alpha value is -2.17. The van der Waals surface area contributed by atoms with Crippen LogP contribution in [0, 0.1) is 0 Å². The third-order valence-corrected chi connectivity index (χ3v) is 2.41. The summed E-state index contributed by atoms with van der Waals surface area (Å²) in [6.45, 7) is 0.760. The quantitative estimate of drug-likeness (QED) is 0.862. The van der Waals surface area contributed by atoms with E-state index in [1.54, 1.807) is 18.6 Å². The van der Waals surface area contributed by atoms with Crippen LogP contribution in [0.4, 0.5) is 11.6 Å². The number of nitrogens with zero attached hydrogens (tertiary/aromatic N) is 4. The Kier molecular flexibility index (Phi) is 3.49. The minimum absolute atomic E-state index is 0.760. The molecule has 0 saturated carbocycles. The normalized spacial score (nSPS) is 10.0.